The van der Waals surface area contributed by atoms with Gasteiger partial charge >= 0.3 is 0 Å². The number of rotatable bonds is 4. The maximum atomic E-state index is 12.7. The third-order valence-corrected chi connectivity index (χ3v) is 5.72. The topological polar surface area (TPSA) is 54.1 Å². The highest BCUT2D eigenvalue weighted by molar-refractivity contribution is 6.35. The Labute approximate surface area is 170 Å². The molecule has 0 fully saturated rings. The van der Waals surface area contributed by atoms with Crippen LogP contribution in [0.15, 0.2) is 48.5 Å². The zero-order valence-electron chi connectivity index (χ0n) is 16.5. The highest BCUT2D eigenvalue weighted by atomic mass is 16.5. The van der Waals surface area contributed by atoms with Crippen molar-refractivity contribution in [1.82, 2.24) is 4.98 Å². The van der Waals surface area contributed by atoms with Gasteiger partial charge in [-0.25, -0.2) is 0 Å². The van der Waals surface area contributed by atoms with E-state index in [1.807, 2.05) is 43.3 Å². The molecule has 0 unspecified atom stereocenters. The Morgan fingerprint density at radius 1 is 1.03 bits per heavy atom. The average molecular weight is 384 g/mol. The van der Waals surface area contributed by atoms with Crippen LogP contribution in [0.1, 0.15) is 42.3 Å². The SMILES string of the molecule is CCOc1cccc(-c2ccc3c(c2)NC(=O)C3=Cc2cc3c([nH]2)CCCC3)c1. The molecule has 0 saturated carbocycles. The molecule has 0 saturated heterocycles. The summed E-state index contributed by atoms with van der Waals surface area (Å²) in [6, 6.07) is 16.4. The van der Waals surface area contributed by atoms with Crippen LogP contribution >= 0.6 is 0 Å². The number of amides is 1. The summed E-state index contributed by atoms with van der Waals surface area (Å²) in [5.41, 5.74) is 8.39. The van der Waals surface area contributed by atoms with Gasteiger partial charge in [-0.2, -0.15) is 0 Å². The Balaban J connectivity index is 1.48. The standard InChI is InChI=1S/C25H24N2O2/c1-2-29-20-8-5-7-16(13-20)17-10-11-21-22(25(28)27-24(21)14-17)15-19-12-18-6-3-4-9-23(18)26-19/h5,7-8,10-15,26H,2-4,6,9H2,1H3,(H,27,28). The third kappa shape index (κ3) is 3.35. The monoisotopic (exact) mass is 384 g/mol. The van der Waals surface area contributed by atoms with Crippen molar-refractivity contribution in [3.05, 3.63) is 71.0 Å². The molecule has 1 aromatic heterocycles. The Kier molecular flexibility index (Phi) is 4.47. The van der Waals surface area contributed by atoms with Gasteiger partial charge in [0.05, 0.1) is 12.2 Å². The summed E-state index contributed by atoms with van der Waals surface area (Å²) in [7, 11) is 0. The van der Waals surface area contributed by atoms with Crippen LogP contribution in [-0.4, -0.2) is 17.5 Å². The fraction of sp³-hybridized carbons (Fsp3) is 0.240. The molecular formula is C25H24N2O2. The minimum Gasteiger partial charge on any atom is -0.494 e. The van der Waals surface area contributed by atoms with E-state index >= 15 is 0 Å². The second-order valence-electron chi connectivity index (χ2n) is 7.67. The number of nitrogens with one attached hydrogen (secondary N) is 2. The quantitative estimate of drug-likeness (QED) is 0.588. The summed E-state index contributed by atoms with van der Waals surface area (Å²) in [5, 5.41) is 3.03. The number of H-pyrrole nitrogens is 1. The van der Waals surface area contributed by atoms with Gasteiger partial charge in [0, 0.05) is 22.6 Å². The molecule has 1 aliphatic heterocycles. The molecule has 29 heavy (non-hydrogen) atoms. The summed E-state index contributed by atoms with van der Waals surface area (Å²) in [4.78, 5) is 16.1. The molecule has 0 atom stereocenters. The Hall–Kier alpha value is -3.27. The molecule has 0 spiro atoms. The molecule has 0 bridgehead atoms. The highest BCUT2D eigenvalue weighted by Gasteiger charge is 2.25. The first-order valence-electron chi connectivity index (χ1n) is 10.3. The van der Waals surface area contributed by atoms with Gasteiger partial charge in [-0.15, -0.1) is 0 Å². The smallest absolute Gasteiger partial charge is 0.256 e. The highest BCUT2D eigenvalue weighted by Crippen LogP contribution is 2.37. The maximum Gasteiger partial charge on any atom is 0.256 e. The number of hydrogen-bond acceptors (Lipinski definition) is 2. The minimum absolute atomic E-state index is 0.0483. The number of fused-ring (bicyclic) bond motifs is 2. The molecule has 2 aliphatic rings. The van der Waals surface area contributed by atoms with Crippen molar-refractivity contribution in [2.24, 2.45) is 0 Å². The summed E-state index contributed by atoms with van der Waals surface area (Å²) >= 11 is 0. The van der Waals surface area contributed by atoms with Crippen molar-refractivity contribution in [2.75, 3.05) is 11.9 Å². The van der Waals surface area contributed by atoms with Crippen molar-refractivity contribution in [3.8, 4) is 16.9 Å². The molecule has 3 aromatic rings. The number of hydrogen-bond donors (Lipinski definition) is 2. The molecule has 2 heterocycles. The number of aromatic amines is 1. The molecule has 5 rings (SSSR count). The number of ether oxygens (including phenoxy) is 1. The lowest BCUT2D eigenvalue weighted by Crippen LogP contribution is -2.03. The van der Waals surface area contributed by atoms with Gasteiger partial charge in [0.2, 0.25) is 0 Å². The summed E-state index contributed by atoms with van der Waals surface area (Å²) in [6.07, 6.45) is 6.69. The molecule has 1 amide bonds. The first-order chi connectivity index (χ1) is 14.2. The predicted octanol–water partition coefficient (Wildman–Crippen LogP) is 5.45. The van der Waals surface area contributed by atoms with E-state index in [9.17, 15) is 4.79 Å². The summed E-state index contributed by atoms with van der Waals surface area (Å²) in [6.45, 7) is 2.62. The van der Waals surface area contributed by atoms with Crippen LogP contribution in [0.3, 0.4) is 0 Å². The number of benzene rings is 2. The van der Waals surface area contributed by atoms with Crippen LogP contribution in [0.25, 0.3) is 22.8 Å². The van der Waals surface area contributed by atoms with Gasteiger partial charge in [0.25, 0.3) is 5.91 Å². The predicted molar refractivity (Wildman–Crippen MR) is 117 cm³/mol. The Morgan fingerprint density at radius 2 is 1.90 bits per heavy atom. The molecule has 4 heteroatoms. The Bertz CT molecular complexity index is 1100. The van der Waals surface area contributed by atoms with Gasteiger partial charge in [-0.3, -0.25) is 4.79 Å². The second kappa shape index (κ2) is 7.28. The Morgan fingerprint density at radius 3 is 2.76 bits per heavy atom. The van der Waals surface area contributed by atoms with Crippen molar-refractivity contribution in [2.45, 2.75) is 32.6 Å². The first kappa shape index (κ1) is 17.8. The minimum atomic E-state index is -0.0483. The van der Waals surface area contributed by atoms with Gasteiger partial charge in [0.15, 0.2) is 0 Å². The molecule has 2 aromatic carbocycles. The van der Waals surface area contributed by atoms with Gasteiger partial charge in [-0.1, -0.05) is 24.3 Å². The number of anilines is 1. The lowest BCUT2D eigenvalue weighted by Gasteiger charge is -2.08. The first-order valence-corrected chi connectivity index (χ1v) is 10.3. The van der Waals surface area contributed by atoms with Crippen molar-refractivity contribution < 1.29 is 9.53 Å². The van der Waals surface area contributed by atoms with Crippen LogP contribution < -0.4 is 10.1 Å². The van der Waals surface area contributed by atoms with E-state index in [-0.39, 0.29) is 5.91 Å². The van der Waals surface area contributed by atoms with Crippen LogP contribution in [0, 0.1) is 0 Å². The second-order valence-corrected chi connectivity index (χ2v) is 7.67. The normalized spacial score (nSPS) is 16.4. The van der Waals surface area contributed by atoms with E-state index in [4.69, 9.17) is 4.74 Å². The zero-order valence-corrected chi connectivity index (χ0v) is 16.5. The van der Waals surface area contributed by atoms with Crippen molar-refractivity contribution in [3.63, 3.8) is 0 Å². The largest absolute Gasteiger partial charge is 0.494 e. The summed E-state index contributed by atoms with van der Waals surface area (Å²) in [5.74, 6) is 0.804. The van der Waals surface area contributed by atoms with E-state index in [2.05, 4.69) is 28.5 Å². The third-order valence-electron chi connectivity index (χ3n) is 5.72. The van der Waals surface area contributed by atoms with E-state index in [0.29, 0.717) is 12.2 Å². The van der Waals surface area contributed by atoms with Crippen LogP contribution in [0.4, 0.5) is 5.69 Å². The van der Waals surface area contributed by atoms with Gasteiger partial charge in [-0.05, 0) is 79.6 Å². The van der Waals surface area contributed by atoms with Crippen molar-refractivity contribution in [1.29, 1.82) is 0 Å². The fourth-order valence-electron chi connectivity index (χ4n) is 4.31. The average Bonchev–Trinajstić information content (AvgIpc) is 3.28. The van der Waals surface area contributed by atoms with Gasteiger partial charge < -0.3 is 15.0 Å². The number of aryl methyl sites for hydroxylation is 2. The van der Waals surface area contributed by atoms with E-state index in [1.165, 1.54) is 24.1 Å². The molecule has 4 nitrogen and oxygen atoms in total. The van der Waals surface area contributed by atoms with Crippen LogP contribution in [0.2, 0.25) is 0 Å². The molecule has 2 N–H and O–H groups in total. The number of carbonyl (C=O) groups excluding carboxylic acids is 1. The lowest BCUT2D eigenvalue weighted by atomic mass is 9.98. The van der Waals surface area contributed by atoms with E-state index < -0.39 is 0 Å². The number of aromatic nitrogens is 1. The van der Waals surface area contributed by atoms with Crippen LogP contribution in [-0.2, 0) is 17.6 Å². The summed E-state index contributed by atoms with van der Waals surface area (Å²) < 4.78 is 5.61. The molecule has 1 aliphatic carbocycles. The van der Waals surface area contributed by atoms with Gasteiger partial charge in [0.1, 0.15) is 5.75 Å². The molecule has 146 valence electrons. The molecule has 0 radical (unpaired) electrons. The fourth-order valence-corrected chi connectivity index (χ4v) is 4.31. The van der Waals surface area contributed by atoms with E-state index in [0.717, 1.165) is 46.7 Å². The number of carbonyl (C=O) groups is 1. The maximum absolute atomic E-state index is 12.7. The lowest BCUT2D eigenvalue weighted by molar-refractivity contribution is -0.110. The van der Waals surface area contributed by atoms with E-state index in [1.54, 1.807) is 0 Å². The zero-order chi connectivity index (χ0) is 19.8. The van der Waals surface area contributed by atoms with Crippen molar-refractivity contribution >= 4 is 23.2 Å². The molecular weight excluding hydrogens is 360 g/mol. The van der Waals surface area contributed by atoms with Crippen LogP contribution in [0.5, 0.6) is 5.75 Å².